The lowest BCUT2D eigenvalue weighted by atomic mass is 10.2. The number of alkyl carbamates (subject to hydrolysis) is 1. The predicted octanol–water partition coefficient (Wildman–Crippen LogP) is 4.43. The van der Waals surface area contributed by atoms with Crippen LogP contribution in [-0.2, 0) is 4.74 Å². The molecular formula is C14H18BrClN2O2. The van der Waals surface area contributed by atoms with Gasteiger partial charge < -0.3 is 10.1 Å². The van der Waals surface area contributed by atoms with E-state index >= 15 is 0 Å². The summed E-state index contributed by atoms with van der Waals surface area (Å²) < 4.78 is 5.99. The first-order valence-corrected chi connectivity index (χ1v) is 7.39. The summed E-state index contributed by atoms with van der Waals surface area (Å²) in [5.74, 6) is 0. The Morgan fingerprint density at radius 3 is 2.90 bits per heavy atom. The maximum Gasteiger partial charge on any atom is 0.407 e. The van der Waals surface area contributed by atoms with E-state index in [9.17, 15) is 4.79 Å². The Bertz CT molecular complexity index is 498. The number of hydrogen-bond acceptors (Lipinski definition) is 3. The summed E-state index contributed by atoms with van der Waals surface area (Å²) in [6, 6.07) is 1.88. The minimum absolute atomic E-state index is 0.409. The summed E-state index contributed by atoms with van der Waals surface area (Å²) in [5.41, 5.74) is 0.355. The summed E-state index contributed by atoms with van der Waals surface area (Å²) in [7, 11) is 0. The number of rotatable bonds is 4. The smallest absolute Gasteiger partial charge is 0.407 e. The molecule has 0 aliphatic heterocycles. The van der Waals surface area contributed by atoms with E-state index in [0.29, 0.717) is 18.1 Å². The van der Waals surface area contributed by atoms with Crippen LogP contribution in [-0.4, -0.2) is 23.2 Å². The van der Waals surface area contributed by atoms with Crippen molar-refractivity contribution < 1.29 is 9.53 Å². The number of carbonyl (C=O) groups is 1. The van der Waals surface area contributed by atoms with Crippen LogP contribution >= 0.6 is 27.5 Å². The average molecular weight is 362 g/mol. The fourth-order valence-electron chi connectivity index (χ4n) is 1.34. The zero-order valence-corrected chi connectivity index (χ0v) is 14.1. The molecule has 0 fully saturated rings. The van der Waals surface area contributed by atoms with Crippen LogP contribution in [0.25, 0.3) is 6.08 Å². The van der Waals surface area contributed by atoms with Crippen LogP contribution in [0.4, 0.5) is 4.79 Å². The first-order valence-electron chi connectivity index (χ1n) is 6.22. The lowest BCUT2D eigenvalue weighted by Gasteiger charge is -2.19. The number of hydrogen-bond donors (Lipinski definition) is 1. The number of nitrogens with zero attached hydrogens (tertiary/aromatic N) is 1. The van der Waals surface area contributed by atoms with Crippen molar-refractivity contribution in [2.45, 2.75) is 32.8 Å². The van der Waals surface area contributed by atoms with E-state index in [-0.39, 0.29) is 0 Å². The van der Waals surface area contributed by atoms with E-state index in [4.69, 9.17) is 16.3 Å². The number of pyridine rings is 1. The van der Waals surface area contributed by atoms with Gasteiger partial charge in [0.2, 0.25) is 0 Å². The molecule has 0 aliphatic carbocycles. The molecule has 0 aromatic carbocycles. The van der Waals surface area contributed by atoms with Crippen LogP contribution in [0.5, 0.6) is 0 Å². The molecule has 110 valence electrons. The highest BCUT2D eigenvalue weighted by molar-refractivity contribution is 9.10. The average Bonchev–Trinajstić information content (AvgIpc) is 2.30. The van der Waals surface area contributed by atoms with Gasteiger partial charge in [-0.25, -0.2) is 9.78 Å². The first-order chi connectivity index (χ1) is 9.28. The number of nitrogens with one attached hydrogen (secondary N) is 1. The van der Waals surface area contributed by atoms with Crippen molar-refractivity contribution in [2.75, 3.05) is 6.54 Å². The second kappa shape index (κ2) is 7.64. The molecule has 0 unspecified atom stereocenters. The molecule has 1 aromatic rings. The number of halogens is 2. The fraction of sp³-hybridized carbons (Fsp3) is 0.429. The molecule has 1 rings (SSSR count). The molecule has 0 bridgehead atoms. The van der Waals surface area contributed by atoms with Gasteiger partial charge in [-0.2, -0.15) is 0 Å². The Hall–Kier alpha value is -1.07. The van der Waals surface area contributed by atoms with Crippen molar-refractivity contribution in [1.82, 2.24) is 10.3 Å². The highest BCUT2D eigenvalue weighted by Gasteiger charge is 2.15. The molecular weight excluding hydrogens is 344 g/mol. The number of amides is 1. The minimum Gasteiger partial charge on any atom is -0.444 e. The molecule has 0 aliphatic rings. The SMILES string of the molecule is CC(C)(C)OC(=O)NCCC=Cc1cc(Br)cnc1Cl. The molecule has 0 radical (unpaired) electrons. The molecule has 1 heterocycles. The van der Waals surface area contributed by atoms with Crippen LogP contribution < -0.4 is 5.32 Å². The van der Waals surface area contributed by atoms with E-state index in [0.717, 1.165) is 10.0 Å². The van der Waals surface area contributed by atoms with Gasteiger partial charge in [0.25, 0.3) is 0 Å². The van der Waals surface area contributed by atoms with Gasteiger partial charge in [0.1, 0.15) is 10.8 Å². The summed E-state index contributed by atoms with van der Waals surface area (Å²) in [6.45, 7) is 5.99. The van der Waals surface area contributed by atoms with Gasteiger partial charge in [-0.05, 0) is 49.2 Å². The molecule has 0 atom stereocenters. The van der Waals surface area contributed by atoms with Gasteiger partial charge in [-0.1, -0.05) is 23.8 Å². The van der Waals surface area contributed by atoms with Crippen LogP contribution in [0.15, 0.2) is 22.8 Å². The van der Waals surface area contributed by atoms with Crippen LogP contribution in [0, 0.1) is 0 Å². The normalized spacial score (nSPS) is 11.7. The van der Waals surface area contributed by atoms with E-state index < -0.39 is 11.7 Å². The summed E-state index contributed by atoms with van der Waals surface area (Å²) in [6.07, 6.45) is 5.71. The second-order valence-electron chi connectivity index (χ2n) is 5.15. The highest BCUT2D eigenvalue weighted by Crippen LogP contribution is 2.19. The molecule has 1 amide bonds. The minimum atomic E-state index is -0.477. The molecule has 0 saturated heterocycles. The fourth-order valence-corrected chi connectivity index (χ4v) is 1.85. The lowest BCUT2D eigenvalue weighted by molar-refractivity contribution is 0.0529. The summed E-state index contributed by atoms with van der Waals surface area (Å²) in [4.78, 5) is 15.4. The van der Waals surface area contributed by atoms with Crippen LogP contribution in [0.2, 0.25) is 5.15 Å². The second-order valence-corrected chi connectivity index (χ2v) is 6.43. The third-order valence-electron chi connectivity index (χ3n) is 2.11. The third-order valence-corrected chi connectivity index (χ3v) is 2.86. The standard InChI is InChI=1S/C14H18BrClN2O2/c1-14(2,3)20-13(19)17-7-5-4-6-10-8-11(15)9-18-12(10)16/h4,6,8-9H,5,7H2,1-3H3,(H,17,19). The Morgan fingerprint density at radius 2 is 2.25 bits per heavy atom. The quantitative estimate of drug-likeness (QED) is 0.638. The van der Waals surface area contributed by atoms with Gasteiger partial charge in [0, 0.05) is 22.8 Å². The van der Waals surface area contributed by atoms with Crippen molar-refractivity contribution in [3.05, 3.63) is 33.5 Å². The van der Waals surface area contributed by atoms with E-state index in [1.54, 1.807) is 6.20 Å². The van der Waals surface area contributed by atoms with Gasteiger partial charge in [-0.15, -0.1) is 0 Å². The third kappa shape index (κ3) is 6.91. The van der Waals surface area contributed by atoms with Gasteiger partial charge >= 0.3 is 6.09 Å². The monoisotopic (exact) mass is 360 g/mol. The van der Waals surface area contributed by atoms with E-state index in [1.807, 2.05) is 39.0 Å². The van der Waals surface area contributed by atoms with E-state index in [1.165, 1.54) is 0 Å². The van der Waals surface area contributed by atoms with Crippen molar-refractivity contribution >= 4 is 39.7 Å². The zero-order valence-electron chi connectivity index (χ0n) is 11.7. The Kier molecular flexibility index (Phi) is 6.49. The maximum atomic E-state index is 11.4. The van der Waals surface area contributed by atoms with Crippen molar-refractivity contribution in [3.8, 4) is 0 Å². The first kappa shape index (κ1) is 17.0. The molecule has 1 aromatic heterocycles. The molecule has 6 heteroatoms. The Morgan fingerprint density at radius 1 is 1.55 bits per heavy atom. The van der Waals surface area contributed by atoms with Crippen molar-refractivity contribution in [3.63, 3.8) is 0 Å². The number of carbonyl (C=O) groups excluding carboxylic acids is 1. The zero-order chi connectivity index (χ0) is 15.2. The lowest BCUT2D eigenvalue weighted by Crippen LogP contribution is -2.32. The molecule has 0 spiro atoms. The van der Waals surface area contributed by atoms with Crippen LogP contribution in [0.1, 0.15) is 32.8 Å². The number of aromatic nitrogens is 1. The topological polar surface area (TPSA) is 51.2 Å². The highest BCUT2D eigenvalue weighted by atomic mass is 79.9. The molecule has 1 N–H and O–H groups in total. The largest absolute Gasteiger partial charge is 0.444 e. The Balaban J connectivity index is 2.36. The molecule has 0 saturated carbocycles. The summed E-state index contributed by atoms with van der Waals surface area (Å²) >= 11 is 9.30. The Labute approximate surface area is 132 Å². The van der Waals surface area contributed by atoms with E-state index in [2.05, 4.69) is 26.2 Å². The molecule has 20 heavy (non-hydrogen) atoms. The maximum absolute atomic E-state index is 11.4. The van der Waals surface area contributed by atoms with Gasteiger partial charge in [0.05, 0.1) is 0 Å². The predicted molar refractivity (Wildman–Crippen MR) is 84.8 cm³/mol. The number of ether oxygens (including phenoxy) is 1. The molecule has 4 nitrogen and oxygen atoms in total. The summed E-state index contributed by atoms with van der Waals surface area (Å²) in [5, 5.41) is 3.13. The van der Waals surface area contributed by atoms with Gasteiger partial charge in [0.15, 0.2) is 0 Å². The van der Waals surface area contributed by atoms with Gasteiger partial charge in [-0.3, -0.25) is 0 Å². The van der Waals surface area contributed by atoms with Crippen LogP contribution in [0.3, 0.4) is 0 Å². The van der Waals surface area contributed by atoms with Crippen molar-refractivity contribution in [1.29, 1.82) is 0 Å². The van der Waals surface area contributed by atoms with Crippen molar-refractivity contribution in [2.24, 2.45) is 0 Å².